The van der Waals surface area contributed by atoms with Crippen molar-refractivity contribution >= 4 is 10.9 Å². The van der Waals surface area contributed by atoms with Gasteiger partial charge < -0.3 is 15.0 Å². The normalized spacial score (nSPS) is 12.3. The maximum atomic E-state index is 6.11. The van der Waals surface area contributed by atoms with Crippen molar-refractivity contribution in [2.45, 2.75) is 12.8 Å². The van der Waals surface area contributed by atoms with E-state index in [0.717, 1.165) is 29.7 Å². The van der Waals surface area contributed by atoms with E-state index in [9.17, 15) is 0 Å². The minimum Gasteiger partial charge on any atom is -0.493 e. The second-order valence-electron chi connectivity index (χ2n) is 7.64. The van der Waals surface area contributed by atoms with E-state index in [0.29, 0.717) is 18.4 Å². The molecule has 1 atom stereocenters. The van der Waals surface area contributed by atoms with Crippen LogP contribution in [-0.4, -0.2) is 24.7 Å². The Hall–Kier alpha value is -3.04. The number of H-pyrrole nitrogens is 1. The average molecular weight is 385 g/mol. The number of aromatic amines is 1. The van der Waals surface area contributed by atoms with Gasteiger partial charge in [-0.3, -0.25) is 0 Å². The molecule has 2 N–H and O–H groups in total. The minimum atomic E-state index is 0.346. The molecule has 3 aromatic carbocycles. The van der Waals surface area contributed by atoms with E-state index in [-0.39, 0.29) is 0 Å². The Bertz CT molecular complexity index is 971. The maximum Gasteiger partial charge on any atom is 0.128 e. The van der Waals surface area contributed by atoms with Gasteiger partial charge in [-0.1, -0.05) is 73.7 Å². The average Bonchev–Trinajstić information content (AvgIpc) is 3.26. The molecule has 3 nitrogen and oxygen atoms in total. The lowest BCUT2D eigenvalue weighted by Gasteiger charge is -2.21. The summed E-state index contributed by atoms with van der Waals surface area (Å²) >= 11 is 0. The van der Waals surface area contributed by atoms with Crippen molar-refractivity contribution in [3.05, 3.63) is 102 Å². The molecule has 0 aliphatic heterocycles. The van der Waals surface area contributed by atoms with Gasteiger partial charge in [-0.05, 0) is 29.3 Å². The third-order valence-corrected chi connectivity index (χ3v) is 5.32. The molecular weight excluding hydrogens is 356 g/mol. The number of hydrogen-bond acceptors (Lipinski definition) is 2. The molecule has 0 saturated carbocycles. The SMILES string of the molecule is CC(CNCC(c1ccccc1)c1ccccc1)COc1cccc2[nH]ccc12. The number of nitrogens with one attached hydrogen (secondary N) is 2. The standard InChI is InChI=1S/C26H28N2O/c1-20(19-29-26-14-8-13-25-23(26)15-16-28-25)17-27-18-24(21-9-4-2-5-10-21)22-11-6-3-7-12-22/h2-16,20,24,27-28H,17-19H2,1H3. The first-order valence-electron chi connectivity index (χ1n) is 10.3. The largest absolute Gasteiger partial charge is 0.493 e. The van der Waals surface area contributed by atoms with Gasteiger partial charge in [0.1, 0.15) is 5.75 Å². The molecule has 0 saturated heterocycles. The van der Waals surface area contributed by atoms with E-state index in [1.54, 1.807) is 0 Å². The lowest BCUT2D eigenvalue weighted by atomic mass is 9.91. The zero-order valence-electron chi connectivity index (χ0n) is 16.8. The zero-order valence-corrected chi connectivity index (χ0v) is 16.8. The fourth-order valence-corrected chi connectivity index (χ4v) is 3.75. The molecule has 4 aromatic rings. The van der Waals surface area contributed by atoms with Crippen LogP contribution in [0, 0.1) is 5.92 Å². The third-order valence-electron chi connectivity index (χ3n) is 5.32. The summed E-state index contributed by atoms with van der Waals surface area (Å²) in [7, 11) is 0. The summed E-state index contributed by atoms with van der Waals surface area (Å²) in [4.78, 5) is 3.23. The number of fused-ring (bicyclic) bond motifs is 1. The van der Waals surface area contributed by atoms with Crippen LogP contribution in [0.15, 0.2) is 91.1 Å². The first-order chi connectivity index (χ1) is 14.3. The van der Waals surface area contributed by atoms with Crippen LogP contribution in [0.4, 0.5) is 0 Å². The highest BCUT2D eigenvalue weighted by Gasteiger charge is 2.14. The molecular formula is C26H28N2O. The van der Waals surface area contributed by atoms with Crippen molar-refractivity contribution in [3.63, 3.8) is 0 Å². The number of rotatable bonds is 9. The van der Waals surface area contributed by atoms with Gasteiger partial charge in [0.05, 0.1) is 6.61 Å². The number of hydrogen-bond donors (Lipinski definition) is 2. The van der Waals surface area contributed by atoms with Crippen LogP contribution in [0.3, 0.4) is 0 Å². The van der Waals surface area contributed by atoms with Crippen LogP contribution in [0.2, 0.25) is 0 Å². The molecule has 0 aliphatic carbocycles. The van der Waals surface area contributed by atoms with Crippen molar-refractivity contribution in [2.75, 3.05) is 19.7 Å². The van der Waals surface area contributed by atoms with E-state index in [2.05, 4.69) is 90.0 Å². The smallest absolute Gasteiger partial charge is 0.128 e. The Labute approximate surface area is 172 Å². The molecule has 1 aromatic heterocycles. The van der Waals surface area contributed by atoms with Gasteiger partial charge in [0.2, 0.25) is 0 Å². The van der Waals surface area contributed by atoms with Crippen LogP contribution in [0.5, 0.6) is 5.75 Å². The summed E-state index contributed by atoms with van der Waals surface area (Å²) in [5, 5.41) is 4.80. The van der Waals surface area contributed by atoms with E-state index in [1.165, 1.54) is 11.1 Å². The molecule has 0 spiro atoms. The van der Waals surface area contributed by atoms with Gasteiger partial charge in [0, 0.05) is 42.0 Å². The molecule has 148 valence electrons. The molecule has 0 fully saturated rings. The van der Waals surface area contributed by atoms with E-state index in [1.807, 2.05) is 18.3 Å². The van der Waals surface area contributed by atoms with Crippen molar-refractivity contribution in [3.8, 4) is 5.75 Å². The second kappa shape index (κ2) is 9.44. The fourth-order valence-electron chi connectivity index (χ4n) is 3.75. The predicted molar refractivity (Wildman–Crippen MR) is 121 cm³/mol. The first kappa shape index (κ1) is 19.3. The lowest BCUT2D eigenvalue weighted by Crippen LogP contribution is -2.29. The molecule has 0 aliphatic rings. The second-order valence-corrected chi connectivity index (χ2v) is 7.64. The van der Waals surface area contributed by atoms with Crippen LogP contribution in [-0.2, 0) is 0 Å². The highest BCUT2D eigenvalue weighted by molar-refractivity contribution is 5.85. The topological polar surface area (TPSA) is 37.0 Å². The van der Waals surface area contributed by atoms with Gasteiger partial charge in [0.15, 0.2) is 0 Å². The van der Waals surface area contributed by atoms with Crippen molar-refractivity contribution < 1.29 is 4.74 Å². The number of benzene rings is 3. The van der Waals surface area contributed by atoms with Gasteiger partial charge >= 0.3 is 0 Å². The van der Waals surface area contributed by atoms with Gasteiger partial charge in [-0.15, -0.1) is 0 Å². The maximum absolute atomic E-state index is 6.11. The highest BCUT2D eigenvalue weighted by Crippen LogP contribution is 2.25. The van der Waals surface area contributed by atoms with Crippen LogP contribution in [0.1, 0.15) is 24.0 Å². The first-order valence-corrected chi connectivity index (χ1v) is 10.3. The molecule has 1 heterocycles. The molecule has 0 bridgehead atoms. The summed E-state index contributed by atoms with van der Waals surface area (Å²) < 4.78 is 6.11. The Balaban J connectivity index is 1.33. The molecule has 4 rings (SSSR count). The molecule has 3 heteroatoms. The van der Waals surface area contributed by atoms with E-state index >= 15 is 0 Å². The summed E-state index contributed by atoms with van der Waals surface area (Å²) in [6, 6.07) is 29.7. The van der Waals surface area contributed by atoms with Gasteiger partial charge in [-0.2, -0.15) is 0 Å². The Morgan fingerprint density at radius 1 is 0.793 bits per heavy atom. The summed E-state index contributed by atoms with van der Waals surface area (Å²) in [5.41, 5.74) is 3.80. The number of aromatic nitrogens is 1. The van der Waals surface area contributed by atoms with Crippen molar-refractivity contribution in [1.82, 2.24) is 10.3 Å². The third kappa shape index (κ3) is 4.87. The van der Waals surface area contributed by atoms with Crippen molar-refractivity contribution in [1.29, 1.82) is 0 Å². The molecule has 1 unspecified atom stereocenters. The minimum absolute atomic E-state index is 0.346. The van der Waals surface area contributed by atoms with Crippen LogP contribution in [0.25, 0.3) is 10.9 Å². The van der Waals surface area contributed by atoms with E-state index < -0.39 is 0 Å². The van der Waals surface area contributed by atoms with Gasteiger partial charge in [0.25, 0.3) is 0 Å². The lowest BCUT2D eigenvalue weighted by molar-refractivity contribution is 0.258. The molecule has 0 amide bonds. The zero-order chi connectivity index (χ0) is 19.9. The molecule has 29 heavy (non-hydrogen) atoms. The Morgan fingerprint density at radius 2 is 1.48 bits per heavy atom. The predicted octanol–water partition coefficient (Wildman–Crippen LogP) is 5.60. The highest BCUT2D eigenvalue weighted by atomic mass is 16.5. The number of ether oxygens (including phenoxy) is 1. The van der Waals surface area contributed by atoms with Crippen LogP contribution >= 0.6 is 0 Å². The summed E-state index contributed by atoms with van der Waals surface area (Å²) in [6.45, 7) is 4.74. The summed E-state index contributed by atoms with van der Waals surface area (Å²) in [6.07, 6.45) is 1.95. The molecule has 0 radical (unpaired) electrons. The van der Waals surface area contributed by atoms with Crippen LogP contribution < -0.4 is 10.1 Å². The Kier molecular flexibility index (Phi) is 6.28. The van der Waals surface area contributed by atoms with Gasteiger partial charge in [-0.25, -0.2) is 0 Å². The fraction of sp³-hybridized carbons (Fsp3) is 0.231. The Morgan fingerprint density at radius 3 is 2.17 bits per heavy atom. The van der Waals surface area contributed by atoms with E-state index in [4.69, 9.17) is 4.74 Å². The monoisotopic (exact) mass is 384 g/mol. The van der Waals surface area contributed by atoms with Crippen molar-refractivity contribution in [2.24, 2.45) is 5.92 Å². The quantitative estimate of drug-likeness (QED) is 0.394. The summed E-state index contributed by atoms with van der Waals surface area (Å²) in [5.74, 6) is 1.71.